The Hall–Kier alpha value is -2.77. The summed E-state index contributed by atoms with van der Waals surface area (Å²) < 4.78 is 5.15. The van der Waals surface area contributed by atoms with Crippen LogP contribution in [0.4, 0.5) is 5.69 Å². The van der Waals surface area contributed by atoms with Crippen LogP contribution in [0.2, 0.25) is 5.02 Å². The first-order valence-electron chi connectivity index (χ1n) is 9.05. The minimum Gasteiger partial charge on any atom is -0.361 e. The number of carbonyl (C=O) groups is 1. The van der Waals surface area contributed by atoms with Crippen molar-refractivity contribution in [2.24, 2.45) is 0 Å². The van der Waals surface area contributed by atoms with Crippen LogP contribution in [-0.2, 0) is 10.5 Å². The molecule has 0 unspecified atom stereocenters. The van der Waals surface area contributed by atoms with Crippen molar-refractivity contribution in [1.29, 1.82) is 0 Å². The van der Waals surface area contributed by atoms with Crippen LogP contribution in [-0.4, -0.2) is 26.8 Å². The largest absolute Gasteiger partial charge is 0.361 e. The van der Waals surface area contributed by atoms with Gasteiger partial charge in [0, 0.05) is 22.6 Å². The van der Waals surface area contributed by atoms with E-state index < -0.39 is 0 Å². The summed E-state index contributed by atoms with van der Waals surface area (Å²) in [7, 11) is 0. The maximum Gasteiger partial charge on any atom is 0.234 e. The zero-order valence-electron chi connectivity index (χ0n) is 16.0. The molecule has 0 aliphatic heterocycles. The average Bonchev–Trinajstić information content (AvgIpc) is 3.26. The number of halogens is 1. The summed E-state index contributed by atoms with van der Waals surface area (Å²) in [5, 5.41) is 7.50. The molecule has 1 amide bonds. The molecule has 2 N–H and O–H groups in total. The maximum atomic E-state index is 12.3. The van der Waals surface area contributed by atoms with E-state index in [1.165, 1.54) is 11.8 Å². The molecule has 0 saturated carbocycles. The highest BCUT2D eigenvalue weighted by Gasteiger charge is 2.12. The van der Waals surface area contributed by atoms with Crippen LogP contribution in [0.5, 0.6) is 0 Å². The minimum atomic E-state index is -0.0630. The van der Waals surface area contributed by atoms with Gasteiger partial charge in [-0.25, -0.2) is 4.98 Å². The van der Waals surface area contributed by atoms with Crippen molar-refractivity contribution in [3.63, 3.8) is 0 Å². The number of imidazole rings is 1. The lowest BCUT2D eigenvalue weighted by atomic mass is 10.2. The van der Waals surface area contributed by atoms with Crippen molar-refractivity contribution in [3.05, 3.63) is 64.5 Å². The van der Waals surface area contributed by atoms with E-state index in [0.29, 0.717) is 22.4 Å². The first kappa shape index (κ1) is 19.5. The van der Waals surface area contributed by atoms with Gasteiger partial charge in [-0.2, -0.15) is 0 Å². The van der Waals surface area contributed by atoms with Crippen LogP contribution in [0, 0.1) is 13.8 Å². The molecule has 4 rings (SSSR count). The normalized spacial score (nSPS) is 11.1. The van der Waals surface area contributed by atoms with E-state index in [4.69, 9.17) is 16.1 Å². The van der Waals surface area contributed by atoms with Crippen molar-refractivity contribution in [2.75, 3.05) is 11.1 Å². The number of aromatic amines is 1. The second-order valence-electron chi connectivity index (χ2n) is 6.64. The number of H-pyrrole nitrogens is 1. The lowest BCUT2D eigenvalue weighted by molar-refractivity contribution is -0.113. The molecule has 2 aromatic heterocycles. The molecule has 8 heteroatoms. The van der Waals surface area contributed by atoms with Gasteiger partial charge in [0.2, 0.25) is 5.91 Å². The third kappa shape index (κ3) is 4.31. The van der Waals surface area contributed by atoms with Gasteiger partial charge >= 0.3 is 0 Å². The molecule has 0 bridgehead atoms. The number of rotatable bonds is 6. The standard InChI is InChI=1S/C21H19ClN4O2S/c1-12-16(13(2)28-26-12)10-29-11-20(27)23-14-7-8-18-19(9-14)25-21(24-18)15-5-3-4-6-17(15)22/h3-9H,10-11H2,1-2H3,(H,23,27)(H,24,25). The zero-order valence-corrected chi connectivity index (χ0v) is 17.5. The summed E-state index contributed by atoms with van der Waals surface area (Å²) >= 11 is 7.79. The summed E-state index contributed by atoms with van der Waals surface area (Å²) in [6.07, 6.45) is 0. The Morgan fingerprint density at radius 1 is 1.24 bits per heavy atom. The monoisotopic (exact) mass is 426 g/mol. The highest BCUT2D eigenvalue weighted by atomic mass is 35.5. The van der Waals surface area contributed by atoms with Crippen molar-refractivity contribution in [1.82, 2.24) is 15.1 Å². The highest BCUT2D eigenvalue weighted by Crippen LogP contribution is 2.28. The second-order valence-corrected chi connectivity index (χ2v) is 8.03. The number of hydrogen-bond donors (Lipinski definition) is 2. The Kier molecular flexibility index (Phi) is 5.60. The number of aryl methyl sites for hydroxylation is 2. The number of carbonyl (C=O) groups excluding carboxylic acids is 1. The molecule has 2 heterocycles. The summed E-state index contributed by atoms with van der Waals surface area (Å²) in [5.74, 6) is 2.47. The van der Waals surface area contributed by atoms with Gasteiger partial charge in [0.05, 0.1) is 27.5 Å². The molecule has 29 heavy (non-hydrogen) atoms. The quantitative estimate of drug-likeness (QED) is 0.433. The number of thioether (sulfide) groups is 1. The highest BCUT2D eigenvalue weighted by molar-refractivity contribution is 7.99. The van der Waals surface area contributed by atoms with E-state index in [-0.39, 0.29) is 5.91 Å². The summed E-state index contributed by atoms with van der Waals surface area (Å²) in [5.41, 5.74) is 5.12. The number of nitrogens with zero attached hydrogens (tertiary/aromatic N) is 2. The molecule has 148 valence electrons. The molecule has 4 aromatic rings. The van der Waals surface area contributed by atoms with E-state index in [1.807, 2.05) is 56.3 Å². The van der Waals surface area contributed by atoms with Crippen molar-refractivity contribution < 1.29 is 9.32 Å². The van der Waals surface area contributed by atoms with Crippen LogP contribution in [0.15, 0.2) is 47.0 Å². The van der Waals surface area contributed by atoms with Crippen LogP contribution < -0.4 is 5.32 Å². The molecule has 0 saturated heterocycles. The predicted octanol–water partition coefficient (Wildman–Crippen LogP) is 5.36. The molecular formula is C21H19ClN4O2S. The second kappa shape index (κ2) is 8.31. The molecule has 6 nitrogen and oxygen atoms in total. The number of anilines is 1. The van der Waals surface area contributed by atoms with Gasteiger partial charge in [-0.3, -0.25) is 4.79 Å². The fourth-order valence-corrected chi connectivity index (χ4v) is 4.22. The third-order valence-corrected chi connectivity index (χ3v) is 5.84. The van der Waals surface area contributed by atoms with Crippen molar-refractivity contribution in [3.8, 4) is 11.4 Å². The Morgan fingerprint density at radius 3 is 2.83 bits per heavy atom. The molecule has 0 aliphatic carbocycles. The lowest BCUT2D eigenvalue weighted by Gasteiger charge is -2.05. The summed E-state index contributed by atoms with van der Waals surface area (Å²) in [6, 6.07) is 13.1. The van der Waals surface area contributed by atoms with E-state index in [1.54, 1.807) is 0 Å². The topological polar surface area (TPSA) is 83.8 Å². The number of aromatic nitrogens is 3. The smallest absolute Gasteiger partial charge is 0.234 e. The lowest BCUT2D eigenvalue weighted by Crippen LogP contribution is -2.14. The third-order valence-electron chi connectivity index (χ3n) is 4.56. The van der Waals surface area contributed by atoms with Crippen LogP contribution >= 0.6 is 23.4 Å². The number of amides is 1. The first-order chi connectivity index (χ1) is 14.0. The Balaban J connectivity index is 1.41. The molecule has 0 aliphatic rings. The predicted molar refractivity (Wildman–Crippen MR) is 117 cm³/mol. The van der Waals surface area contributed by atoms with E-state index >= 15 is 0 Å². The Bertz CT molecular complexity index is 1170. The van der Waals surface area contributed by atoms with Crippen molar-refractivity contribution >= 4 is 46.0 Å². The molecule has 0 fully saturated rings. The molecule has 0 spiro atoms. The van der Waals surface area contributed by atoms with Crippen LogP contribution in [0.3, 0.4) is 0 Å². The van der Waals surface area contributed by atoms with E-state index in [2.05, 4.69) is 20.4 Å². The average molecular weight is 427 g/mol. The molecule has 2 aromatic carbocycles. The van der Waals surface area contributed by atoms with Gasteiger partial charge in [-0.15, -0.1) is 11.8 Å². The summed E-state index contributed by atoms with van der Waals surface area (Å²) in [6.45, 7) is 3.79. The molecule has 0 radical (unpaired) electrons. The Morgan fingerprint density at radius 2 is 2.07 bits per heavy atom. The fraction of sp³-hybridized carbons (Fsp3) is 0.190. The maximum absolute atomic E-state index is 12.3. The number of hydrogen-bond acceptors (Lipinski definition) is 5. The van der Waals surface area contributed by atoms with Gasteiger partial charge in [0.1, 0.15) is 11.6 Å². The number of nitrogens with one attached hydrogen (secondary N) is 2. The van der Waals surface area contributed by atoms with Gasteiger partial charge in [-0.1, -0.05) is 28.9 Å². The SMILES string of the molecule is Cc1noc(C)c1CSCC(=O)Nc1ccc2nc(-c3ccccc3Cl)[nH]c2c1. The Labute approximate surface area is 177 Å². The van der Waals surface area contributed by atoms with Crippen LogP contribution in [0.1, 0.15) is 17.0 Å². The number of benzene rings is 2. The first-order valence-corrected chi connectivity index (χ1v) is 10.6. The van der Waals surface area contributed by atoms with E-state index in [0.717, 1.165) is 39.3 Å². The van der Waals surface area contributed by atoms with Crippen molar-refractivity contribution in [2.45, 2.75) is 19.6 Å². The minimum absolute atomic E-state index is 0.0630. The molecule has 0 atom stereocenters. The van der Waals surface area contributed by atoms with Gasteiger partial charge in [0.25, 0.3) is 0 Å². The number of fused-ring (bicyclic) bond motifs is 1. The van der Waals surface area contributed by atoms with Gasteiger partial charge in [0.15, 0.2) is 0 Å². The van der Waals surface area contributed by atoms with Gasteiger partial charge < -0.3 is 14.8 Å². The fourth-order valence-electron chi connectivity index (χ4n) is 3.02. The zero-order chi connectivity index (χ0) is 20.4. The summed E-state index contributed by atoms with van der Waals surface area (Å²) in [4.78, 5) is 20.2. The molecular weight excluding hydrogens is 408 g/mol. The van der Waals surface area contributed by atoms with Crippen LogP contribution in [0.25, 0.3) is 22.4 Å². The van der Waals surface area contributed by atoms with Gasteiger partial charge in [-0.05, 0) is 44.2 Å². The van der Waals surface area contributed by atoms with E-state index in [9.17, 15) is 4.79 Å².